The van der Waals surface area contributed by atoms with Gasteiger partial charge in [0.25, 0.3) is 0 Å². The molecule has 1 aromatic rings. The molecule has 2 aliphatic rings. The number of nitrogens with zero attached hydrogens (tertiary/aromatic N) is 2. The Morgan fingerprint density at radius 3 is 2.40 bits per heavy atom. The first-order valence-corrected chi connectivity index (χ1v) is 8.34. The number of nitrogens with two attached hydrogens (primary N) is 1. The lowest BCUT2D eigenvalue weighted by Crippen LogP contribution is -2.69. The zero-order valence-corrected chi connectivity index (χ0v) is 12.7. The number of anilines is 1. The molecule has 0 spiro atoms. The molecule has 0 unspecified atom stereocenters. The van der Waals surface area contributed by atoms with Crippen LogP contribution in [0.5, 0.6) is 0 Å². The first-order chi connectivity index (χ1) is 9.34. The molecule has 1 saturated carbocycles. The summed E-state index contributed by atoms with van der Waals surface area (Å²) in [6.45, 7) is 1.50. The van der Waals surface area contributed by atoms with Crippen molar-refractivity contribution in [2.75, 3.05) is 32.1 Å². The lowest BCUT2D eigenvalue weighted by atomic mass is 9.85. The van der Waals surface area contributed by atoms with Crippen molar-refractivity contribution in [3.05, 3.63) is 24.3 Å². The molecule has 0 aromatic heterocycles. The molecule has 3 rings (SSSR count). The molecule has 110 valence electrons. The second kappa shape index (κ2) is 4.44. The Morgan fingerprint density at radius 2 is 1.85 bits per heavy atom. The van der Waals surface area contributed by atoms with E-state index in [0.717, 1.165) is 18.8 Å². The third kappa shape index (κ3) is 2.12. The van der Waals surface area contributed by atoms with Crippen LogP contribution in [-0.4, -0.2) is 45.4 Å². The molecule has 1 aliphatic carbocycles. The molecule has 0 amide bonds. The van der Waals surface area contributed by atoms with Gasteiger partial charge in [-0.2, -0.15) is 0 Å². The van der Waals surface area contributed by atoms with Gasteiger partial charge in [0, 0.05) is 27.2 Å². The Bertz CT molecular complexity index is 617. The third-order valence-electron chi connectivity index (χ3n) is 4.33. The maximum Gasteiger partial charge on any atom is 0.244 e. The highest BCUT2D eigenvalue weighted by molar-refractivity contribution is 7.89. The fraction of sp³-hybridized carbons (Fsp3) is 0.571. The molecule has 5 nitrogen and oxygen atoms in total. The number of sulfonamides is 1. The molecule has 0 atom stereocenters. The molecular formula is C14H21N3O2S. The molecule has 1 saturated heterocycles. The maximum absolute atomic E-state index is 12.4. The smallest absolute Gasteiger partial charge is 0.244 e. The first-order valence-electron chi connectivity index (χ1n) is 6.90. The number of rotatable bonds is 4. The van der Waals surface area contributed by atoms with Crippen molar-refractivity contribution in [1.29, 1.82) is 0 Å². The van der Waals surface area contributed by atoms with Gasteiger partial charge in [-0.25, -0.2) is 12.7 Å². The van der Waals surface area contributed by atoms with Crippen molar-refractivity contribution in [2.45, 2.75) is 23.3 Å². The summed E-state index contributed by atoms with van der Waals surface area (Å²) in [5.74, 6) is 0.622. The minimum atomic E-state index is -3.42. The molecule has 6 heteroatoms. The largest absolute Gasteiger partial charge is 0.367 e. The van der Waals surface area contributed by atoms with Crippen LogP contribution in [0.15, 0.2) is 29.2 Å². The van der Waals surface area contributed by atoms with Crippen LogP contribution >= 0.6 is 0 Å². The Labute approximate surface area is 120 Å². The van der Waals surface area contributed by atoms with E-state index >= 15 is 0 Å². The Morgan fingerprint density at radius 1 is 1.25 bits per heavy atom. The van der Waals surface area contributed by atoms with Gasteiger partial charge in [-0.05, 0) is 30.9 Å². The second-order valence-corrected chi connectivity index (χ2v) is 8.24. The van der Waals surface area contributed by atoms with E-state index in [1.807, 2.05) is 12.1 Å². The highest BCUT2D eigenvalue weighted by Gasteiger charge is 2.51. The van der Waals surface area contributed by atoms with Gasteiger partial charge < -0.3 is 10.6 Å². The van der Waals surface area contributed by atoms with Gasteiger partial charge in [-0.3, -0.25) is 0 Å². The van der Waals surface area contributed by atoms with Crippen LogP contribution in [0.25, 0.3) is 0 Å². The number of hydrogen-bond acceptors (Lipinski definition) is 4. The fourth-order valence-electron chi connectivity index (χ4n) is 2.88. The Balaban J connectivity index is 1.89. The number of benzene rings is 1. The van der Waals surface area contributed by atoms with Crippen LogP contribution in [0.3, 0.4) is 0 Å². The Kier molecular flexibility index (Phi) is 3.08. The summed E-state index contributed by atoms with van der Waals surface area (Å²) in [5, 5.41) is 0. The summed E-state index contributed by atoms with van der Waals surface area (Å²) in [6, 6.07) is 7.16. The summed E-state index contributed by atoms with van der Waals surface area (Å²) >= 11 is 0. The summed E-state index contributed by atoms with van der Waals surface area (Å²) in [5.41, 5.74) is 7.00. The number of para-hydroxylation sites is 1. The standard InChI is InChI=1S/C14H21N3O2S/c1-16(2)20(18,19)13-6-4-3-5-12(13)17-9-14(15,10-17)11-7-8-11/h3-6,11H,7-10,15H2,1-2H3. The van der Waals surface area contributed by atoms with E-state index in [-0.39, 0.29) is 5.54 Å². The van der Waals surface area contributed by atoms with Gasteiger partial charge >= 0.3 is 0 Å². The van der Waals surface area contributed by atoms with E-state index in [2.05, 4.69) is 4.90 Å². The monoisotopic (exact) mass is 295 g/mol. The molecule has 2 fully saturated rings. The topological polar surface area (TPSA) is 66.6 Å². The zero-order chi connectivity index (χ0) is 14.5. The van der Waals surface area contributed by atoms with Gasteiger partial charge in [0.05, 0.1) is 11.2 Å². The summed E-state index contributed by atoms with van der Waals surface area (Å²) in [7, 11) is -0.309. The molecule has 20 heavy (non-hydrogen) atoms. The van der Waals surface area contributed by atoms with Gasteiger partial charge in [-0.15, -0.1) is 0 Å². The van der Waals surface area contributed by atoms with E-state index in [1.54, 1.807) is 26.2 Å². The maximum atomic E-state index is 12.4. The van der Waals surface area contributed by atoms with Crippen LogP contribution in [0.1, 0.15) is 12.8 Å². The summed E-state index contributed by atoms with van der Waals surface area (Å²) < 4.78 is 26.0. The highest BCUT2D eigenvalue weighted by Crippen LogP contribution is 2.45. The summed E-state index contributed by atoms with van der Waals surface area (Å²) in [4.78, 5) is 2.44. The minimum absolute atomic E-state index is 0.116. The van der Waals surface area contributed by atoms with Gasteiger partial charge in [-0.1, -0.05) is 12.1 Å². The van der Waals surface area contributed by atoms with E-state index in [0.29, 0.717) is 10.8 Å². The zero-order valence-electron chi connectivity index (χ0n) is 11.9. The van der Waals surface area contributed by atoms with Crippen LogP contribution in [0.2, 0.25) is 0 Å². The van der Waals surface area contributed by atoms with Crippen molar-refractivity contribution in [3.8, 4) is 0 Å². The molecule has 2 N–H and O–H groups in total. The number of hydrogen-bond donors (Lipinski definition) is 1. The molecule has 1 aliphatic heterocycles. The summed E-state index contributed by atoms with van der Waals surface area (Å²) in [6.07, 6.45) is 2.42. The quantitative estimate of drug-likeness (QED) is 0.895. The van der Waals surface area contributed by atoms with Crippen molar-refractivity contribution in [3.63, 3.8) is 0 Å². The molecule has 1 aromatic carbocycles. The SMILES string of the molecule is CN(C)S(=O)(=O)c1ccccc1N1CC(N)(C2CC2)C1. The predicted molar refractivity (Wildman–Crippen MR) is 79.2 cm³/mol. The normalized spacial score (nSPS) is 21.9. The lowest BCUT2D eigenvalue weighted by Gasteiger charge is -2.50. The van der Waals surface area contributed by atoms with Crippen LogP contribution in [-0.2, 0) is 10.0 Å². The molecule has 0 radical (unpaired) electrons. The van der Waals surface area contributed by atoms with Crippen LogP contribution < -0.4 is 10.6 Å². The molecular weight excluding hydrogens is 274 g/mol. The lowest BCUT2D eigenvalue weighted by molar-refractivity contribution is 0.289. The molecule has 1 heterocycles. The van der Waals surface area contributed by atoms with Crippen molar-refractivity contribution < 1.29 is 8.42 Å². The van der Waals surface area contributed by atoms with Gasteiger partial charge in [0.2, 0.25) is 10.0 Å². The molecule has 0 bridgehead atoms. The van der Waals surface area contributed by atoms with Crippen LogP contribution in [0, 0.1) is 5.92 Å². The minimum Gasteiger partial charge on any atom is -0.367 e. The van der Waals surface area contributed by atoms with Crippen molar-refractivity contribution in [2.24, 2.45) is 11.7 Å². The Hall–Kier alpha value is -1.11. The van der Waals surface area contributed by atoms with Crippen molar-refractivity contribution >= 4 is 15.7 Å². The van der Waals surface area contributed by atoms with Crippen molar-refractivity contribution in [1.82, 2.24) is 4.31 Å². The first kappa shape index (κ1) is 13.9. The van der Waals surface area contributed by atoms with Gasteiger partial charge in [0.15, 0.2) is 0 Å². The van der Waals surface area contributed by atoms with Gasteiger partial charge in [0.1, 0.15) is 4.90 Å². The van der Waals surface area contributed by atoms with E-state index in [9.17, 15) is 8.42 Å². The van der Waals surface area contributed by atoms with Crippen LogP contribution in [0.4, 0.5) is 5.69 Å². The fourth-order valence-corrected chi connectivity index (χ4v) is 3.99. The second-order valence-electron chi connectivity index (χ2n) is 6.12. The predicted octanol–water partition coefficient (Wildman–Crippen LogP) is 0.864. The van der Waals surface area contributed by atoms with E-state index < -0.39 is 10.0 Å². The third-order valence-corrected chi connectivity index (χ3v) is 6.19. The average molecular weight is 295 g/mol. The average Bonchev–Trinajstić information content (AvgIpc) is 3.19. The van der Waals surface area contributed by atoms with E-state index in [1.165, 1.54) is 17.1 Å². The van der Waals surface area contributed by atoms with E-state index in [4.69, 9.17) is 5.73 Å². The highest BCUT2D eigenvalue weighted by atomic mass is 32.2.